The Morgan fingerprint density at radius 2 is 0.990 bits per heavy atom. The largest absolute Gasteiger partial charge is 0.439 e. The molecule has 27 heteroatoms. The molecule has 3 saturated heterocycles. The van der Waals surface area contributed by atoms with Crippen LogP contribution in [0.5, 0.6) is 0 Å². The summed E-state index contributed by atoms with van der Waals surface area (Å²) in [6.45, 7) is 14.7. The number of Topliss-reactive ketones (excluding diaryl/α,β-unsaturated/α-hetero) is 1. The predicted octanol–water partition coefficient (Wildman–Crippen LogP) is 11.0. The number of nitrogens with zero attached hydrogens (tertiary/aromatic N) is 20. The molecule has 5 N–H and O–H groups in total. The van der Waals surface area contributed by atoms with Gasteiger partial charge < -0.3 is 59.3 Å². The second-order valence-electron chi connectivity index (χ2n) is 28.9. The average molecular weight is 1360 g/mol. The van der Waals surface area contributed by atoms with Crippen molar-refractivity contribution in [1.29, 1.82) is 0 Å². The molecule has 3 spiro atoms. The van der Waals surface area contributed by atoms with Gasteiger partial charge in [-0.15, -0.1) is 0 Å². The molecule has 6 fully saturated rings. The molecule has 0 aromatic carbocycles. The molecule has 526 valence electrons. The number of aromatic nitrogens is 14. The van der Waals surface area contributed by atoms with E-state index in [-0.39, 0.29) is 30.0 Å². The zero-order valence-corrected chi connectivity index (χ0v) is 57.6. The van der Waals surface area contributed by atoms with E-state index in [0.29, 0.717) is 30.2 Å². The molecule has 16 heterocycles. The van der Waals surface area contributed by atoms with E-state index in [2.05, 4.69) is 138 Å². The van der Waals surface area contributed by atoms with E-state index in [4.69, 9.17) is 29.3 Å². The molecule has 3 aliphatic carbocycles. The average Bonchev–Trinajstić information content (AvgIpc) is 1.59. The highest BCUT2D eigenvalue weighted by Gasteiger charge is 2.45. The minimum absolute atomic E-state index is 0. The number of pyridine rings is 3. The van der Waals surface area contributed by atoms with Gasteiger partial charge in [-0.2, -0.15) is 15.0 Å². The van der Waals surface area contributed by atoms with E-state index >= 15 is 0 Å². The standard InChI is InChI=1S/C27H32N8O.C23H29N9.C23H28N8O.CH4/c1-18-30-21-15-27(8-4-3-5-9-27)35-22(24(21)36-18)14-19-16-29-26(32-25(19)35)31-23-7-6-20(17-28-23)34-12-10-33(2)11-13-34;1-30-11-13-31(14-12-30)17-5-6-19(25-15-17)28-21-26-16-18-20(29-21)32-22(27-18)24-10-9-23(32)7-3-2-4-8-23;32-19-15-27-23(6-2-1-3-7-23)31-18(19)12-16-13-26-22(29-21(16)31)28-20-5-4-17(14-25-20)30-10-8-24-9-11-30;/h6-7,14,16-17H,3-5,8-13,15H2,1-2H3,(H,28,29,31,32);5-6,10,15-16H,2-4,7-9,11-14H2,1H3,(H,25,26,28,29);4-5,12-14,24,27H,1-3,6-11,15H2,(H,25,26,28,29);1H4. The smallest absolute Gasteiger partial charge is 0.232 e. The van der Waals surface area contributed by atoms with E-state index in [1.807, 2.05) is 62.2 Å². The van der Waals surface area contributed by atoms with Crippen molar-refractivity contribution >= 4 is 104 Å². The van der Waals surface area contributed by atoms with Crippen LogP contribution in [0.15, 0.2) is 95.1 Å². The van der Waals surface area contributed by atoms with Crippen LogP contribution in [0.1, 0.15) is 132 Å². The Labute approximate surface area is 588 Å². The van der Waals surface area contributed by atoms with Crippen LogP contribution in [0.3, 0.4) is 0 Å². The van der Waals surface area contributed by atoms with E-state index in [1.54, 1.807) is 12.4 Å². The minimum Gasteiger partial charge on any atom is -0.439 e. The van der Waals surface area contributed by atoms with Crippen LogP contribution in [0.2, 0.25) is 0 Å². The lowest BCUT2D eigenvalue weighted by Gasteiger charge is -2.43. The first-order chi connectivity index (χ1) is 49.0. The van der Waals surface area contributed by atoms with E-state index in [0.717, 1.165) is 239 Å². The predicted molar refractivity (Wildman–Crippen MR) is 396 cm³/mol. The number of anilines is 9. The third kappa shape index (κ3) is 13.0. The first-order valence-electron chi connectivity index (χ1n) is 36.3. The first kappa shape index (κ1) is 66.0. The summed E-state index contributed by atoms with van der Waals surface area (Å²) in [4.78, 5) is 80.6. The van der Waals surface area contributed by atoms with Crippen LogP contribution < -0.4 is 41.3 Å². The number of hydrogen-bond donors (Lipinski definition) is 5. The number of oxazole rings is 1. The van der Waals surface area contributed by atoms with Crippen molar-refractivity contribution in [2.24, 2.45) is 4.99 Å². The molecular formula is C74H93N25O2. The molecular weight excluding hydrogens is 1270 g/mol. The summed E-state index contributed by atoms with van der Waals surface area (Å²) >= 11 is 0. The molecule has 27 nitrogen and oxygen atoms in total. The number of imidazole rings is 1. The third-order valence-electron chi connectivity index (χ3n) is 22.3. The van der Waals surface area contributed by atoms with Gasteiger partial charge in [0.05, 0.1) is 82.2 Å². The Balaban J connectivity index is 0.000000117. The van der Waals surface area contributed by atoms with Gasteiger partial charge in [-0.3, -0.25) is 14.7 Å². The van der Waals surface area contributed by atoms with Gasteiger partial charge in [0, 0.05) is 128 Å². The SMILES string of the molecule is C.CN1CCN(c2ccc(Nc3ncc4nc5n(c4n3)C3(CC=N5)CCCCC3)nc2)CC1.Cc1nc2c(o1)-c1cc3cnc(Nc4ccc(N5CCN(C)CC5)cn4)nc3n1C1(CCCCC1)C2.O=C1CNC2(CCCCC2)n2c1cc1cnc(Nc3ccc(N4CCNCC4)cn3)nc12. The van der Waals surface area contributed by atoms with Gasteiger partial charge in [-0.1, -0.05) is 52.4 Å². The molecule has 0 bridgehead atoms. The maximum absolute atomic E-state index is 12.7. The number of aryl methyl sites for hydroxylation is 1. The lowest BCUT2D eigenvalue weighted by molar-refractivity contribution is 0.0807. The van der Waals surface area contributed by atoms with Gasteiger partial charge in [0.1, 0.15) is 34.3 Å². The summed E-state index contributed by atoms with van der Waals surface area (Å²) in [5, 5.41) is 18.7. The molecule has 0 unspecified atom stereocenters. The second kappa shape index (κ2) is 27.8. The zero-order chi connectivity index (χ0) is 67.4. The maximum atomic E-state index is 12.7. The molecule has 0 amide bonds. The fraction of sp³-hybridized carbons (Fsp3) is 0.500. The molecule has 6 aliphatic heterocycles. The number of likely N-dealkylation sites (N-methyl/N-ethyl adjacent to an activating group) is 2. The third-order valence-corrected chi connectivity index (χ3v) is 22.3. The van der Waals surface area contributed by atoms with Gasteiger partial charge >= 0.3 is 0 Å². The van der Waals surface area contributed by atoms with Crippen molar-refractivity contribution in [1.82, 2.24) is 89.0 Å². The van der Waals surface area contributed by atoms with Crippen molar-refractivity contribution in [3.05, 3.63) is 103 Å². The van der Waals surface area contributed by atoms with Crippen molar-refractivity contribution in [2.75, 3.05) is 130 Å². The lowest BCUT2D eigenvalue weighted by Crippen LogP contribution is -2.55. The molecule has 9 aliphatic rings. The Morgan fingerprint density at radius 1 is 0.495 bits per heavy atom. The van der Waals surface area contributed by atoms with Crippen LogP contribution in [0.4, 0.5) is 58.3 Å². The number of carbonyl (C=O) groups is 1. The van der Waals surface area contributed by atoms with E-state index in [9.17, 15) is 4.79 Å². The summed E-state index contributed by atoms with van der Waals surface area (Å²) in [6.07, 6.45) is 32.8. The van der Waals surface area contributed by atoms with E-state index in [1.165, 1.54) is 44.9 Å². The van der Waals surface area contributed by atoms with Crippen molar-refractivity contribution in [3.8, 4) is 11.5 Å². The Kier molecular flexibility index (Phi) is 18.1. The van der Waals surface area contributed by atoms with Gasteiger partial charge in [0.15, 0.2) is 23.1 Å². The van der Waals surface area contributed by atoms with Crippen LogP contribution in [0.25, 0.3) is 44.7 Å². The highest BCUT2D eigenvalue weighted by Crippen LogP contribution is 2.49. The summed E-state index contributed by atoms with van der Waals surface area (Å²) < 4.78 is 12.9. The molecule has 0 radical (unpaired) electrons. The normalized spacial score (nSPS) is 20.0. The zero-order valence-electron chi connectivity index (χ0n) is 57.6. The van der Waals surface area contributed by atoms with Crippen molar-refractivity contribution < 1.29 is 9.21 Å². The van der Waals surface area contributed by atoms with Gasteiger partial charge in [0.25, 0.3) is 0 Å². The maximum Gasteiger partial charge on any atom is 0.232 e. The monoisotopic (exact) mass is 1360 g/mol. The number of rotatable bonds is 9. The Hall–Kier alpha value is -9.57. The molecule has 10 aromatic heterocycles. The fourth-order valence-electron chi connectivity index (χ4n) is 16.9. The molecule has 10 aromatic rings. The number of fused-ring (bicyclic) bond motifs is 14. The highest BCUT2D eigenvalue weighted by molar-refractivity contribution is 6.01. The summed E-state index contributed by atoms with van der Waals surface area (Å²) in [6, 6.07) is 16.4. The second-order valence-corrected chi connectivity index (χ2v) is 28.9. The fourth-order valence-corrected chi connectivity index (χ4v) is 16.9. The van der Waals surface area contributed by atoms with Crippen LogP contribution in [-0.4, -0.2) is 189 Å². The highest BCUT2D eigenvalue weighted by atomic mass is 16.4. The van der Waals surface area contributed by atoms with Gasteiger partial charge in [0.2, 0.25) is 23.8 Å². The number of hydrogen-bond acceptors (Lipinski definition) is 24. The topological polar surface area (TPSA) is 276 Å². The van der Waals surface area contributed by atoms with Crippen molar-refractivity contribution in [2.45, 2.75) is 140 Å². The first-order valence-corrected chi connectivity index (χ1v) is 36.3. The number of carbonyl (C=O) groups excluding carboxylic acids is 1. The quantitative estimate of drug-likeness (QED) is 0.0898. The van der Waals surface area contributed by atoms with Gasteiger partial charge in [-0.05, 0) is 114 Å². The number of piperazine rings is 3. The summed E-state index contributed by atoms with van der Waals surface area (Å²) in [5.41, 5.74) is 9.59. The number of nitrogens with one attached hydrogen (secondary N) is 5. The molecule has 0 atom stereocenters. The van der Waals surface area contributed by atoms with Crippen LogP contribution in [-0.2, 0) is 23.2 Å². The van der Waals surface area contributed by atoms with Crippen LogP contribution >= 0.6 is 0 Å². The summed E-state index contributed by atoms with van der Waals surface area (Å²) in [5.74, 6) is 6.27. The van der Waals surface area contributed by atoms with Crippen molar-refractivity contribution in [3.63, 3.8) is 0 Å². The molecule has 19 rings (SSSR count). The van der Waals surface area contributed by atoms with E-state index < -0.39 is 0 Å². The Bertz CT molecular complexity index is 4610. The molecule has 3 saturated carbocycles. The number of ketones is 1. The number of aliphatic imine (C=N–C) groups is 1. The Morgan fingerprint density at radius 3 is 1.53 bits per heavy atom. The molecule has 101 heavy (non-hydrogen) atoms. The van der Waals surface area contributed by atoms with Crippen LogP contribution in [0, 0.1) is 6.92 Å². The summed E-state index contributed by atoms with van der Waals surface area (Å²) in [7, 11) is 4.34. The lowest BCUT2D eigenvalue weighted by atomic mass is 9.76. The van der Waals surface area contributed by atoms with Gasteiger partial charge in [-0.25, -0.2) is 44.9 Å². The minimum atomic E-state index is -0.224.